The van der Waals surface area contributed by atoms with E-state index in [0.29, 0.717) is 19.4 Å². The first-order chi connectivity index (χ1) is 6.61. The van der Waals surface area contributed by atoms with E-state index in [1.54, 1.807) is 0 Å². The van der Waals surface area contributed by atoms with Gasteiger partial charge in [0.1, 0.15) is 0 Å². The molecule has 1 heterocycles. The lowest BCUT2D eigenvalue weighted by atomic mass is 9.99. The van der Waals surface area contributed by atoms with Crippen molar-refractivity contribution < 1.29 is 19.4 Å². The molecule has 1 rings (SSSR count). The summed E-state index contributed by atoms with van der Waals surface area (Å²) in [6, 6.07) is -0.222. The standard InChI is InChI=1S/C9H15NO4/c1-3-7-6(8(11)12)4-5-10(7)9(13)14-2/h6-7H,3-5H2,1-2H3,(H,11,12). The highest BCUT2D eigenvalue weighted by Crippen LogP contribution is 2.27. The molecule has 80 valence electrons. The van der Waals surface area contributed by atoms with Crippen LogP contribution < -0.4 is 0 Å². The van der Waals surface area contributed by atoms with Gasteiger partial charge < -0.3 is 14.7 Å². The van der Waals surface area contributed by atoms with Crippen LogP contribution in [-0.4, -0.2) is 41.8 Å². The number of carboxylic acids is 1. The lowest BCUT2D eigenvalue weighted by Crippen LogP contribution is -2.39. The van der Waals surface area contributed by atoms with Gasteiger partial charge in [-0.1, -0.05) is 6.92 Å². The molecular formula is C9H15NO4. The van der Waals surface area contributed by atoms with Crippen molar-refractivity contribution in [1.82, 2.24) is 4.90 Å². The first kappa shape index (κ1) is 10.8. The van der Waals surface area contributed by atoms with Crippen molar-refractivity contribution in [3.05, 3.63) is 0 Å². The van der Waals surface area contributed by atoms with Crippen LogP contribution in [0.15, 0.2) is 0 Å². The molecule has 2 atom stereocenters. The number of methoxy groups -OCH3 is 1. The number of aliphatic carboxylic acids is 1. The van der Waals surface area contributed by atoms with Crippen molar-refractivity contribution >= 4 is 12.1 Å². The van der Waals surface area contributed by atoms with Gasteiger partial charge >= 0.3 is 12.1 Å². The van der Waals surface area contributed by atoms with Crippen LogP contribution >= 0.6 is 0 Å². The molecule has 0 aromatic rings. The van der Waals surface area contributed by atoms with Crippen molar-refractivity contribution in [3.63, 3.8) is 0 Å². The summed E-state index contributed by atoms with van der Waals surface area (Å²) in [6.07, 6.45) is 0.732. The van der Waals surface area contributed by atoms with Gasteiger partial charge in [-0.2, -0.15) is 0 Å². The SMILES string of the molecule is CCC1C(C(=O)O)CCN1C(=O)OC. The Hall–Kier alpha value is -1.26. The summed E-state index contributed by atoms with van der Waals surface area (Å²) in [5, 5.41) is 8.91. The monoisotopic (exact) mass is 201 g/mol. The number of carbonyl (C=O) groups excluding carboxylic acids is 1. The van der Waals surface area contributed by atoms with E-state index in [-0.39, 0.29) is 6.04 Å². The highest BCUT2D eigenvalue weighted by atomic mass is 16.5. The quantitative estimate of drug-likeness (QED) is 0.722. The van der Waals surface area contributed by atoms with E-state index >= 15 is 0 Å². The Kier molecular flexibility index (Phi) is 3.33. The van der Waals surface area contributed by atoms with Gasteiger partial charge in [0.25, 0.3) is 0 Å². The van der Waals surface area contributed by atoms with Gasteiger partial charge in [-0.3, -0.25) is 4.79 Å². The summed E-state index contributed by atoms with van der Waals surface area (Å²) in [7, 11) is 1.31. The molecular weight excluding hydrogens is 186 g/mol. The summed E-state index contributed by atoms with van der Waals surface area (Å²) < 4.78 is 4.59. The summed E-state index contributed by atoms with van der Waals surface area (Å²) >= 11 is 0. The maximum atomic E-state index is 11.3. The second-order valence-electron chi connectivity index (χ2n) is 3.37. The summed E-state index contributed by atoms with van der Waals surface area (Å²) in [6.45, 7) is 2.35. The van der Waals surface area contributed by atoms with Crippen LogP contribution in [0.2, 0.25) is 0 Å². The van der Waals surface area contributed by atoms with Crippen molar-refractivity contribution in [1.29, 1.82) is 0 Å². The van der Waals surface area contributed by atoms with E-state index < -0.39 is 18.0 Å². The molecule has 1 saturated heterocycles. The van der Waals surface area contributed by atoms with Gasteiger partial charge in [0.05, 0.1) is 13.0 Å². The first-order valence-electron chi connectivity index (χ1n) is 4.69. The van der Waals surface area contributed by atoms with Gasteiger partial charge in [-0.25, -0.2) is 4.79 Å². The molecule has 0 saturated carbocycles. The maximum Gasteiger partial charge on any atom is 0.409 e. The molecule has 0 aromatic carbocycles. The fourth-order valence-electron chi connectivity index (χ4n) is 1.99. The van der Waals surface area contributed by atoms with Gasteiger partial charge in [0.15, 0.2) is 0 Å². The molecule has 1 N–H and O–H groups in total. The summed E-state index contributed by atoms with van der Waals surface area (Å²) in [5.74, 6) is -1.28. The van der Waals surface area contributed by atoms with E-state index in [1.807, 2.05) is 6.92 Å². The Morgan fingerprint density at radius 3 is 2.64 bits per heavy atom. The number of carbonyl (C=O) groups is 2. The maximum absolute atomic E-state index is 11.3. The van der Waals surface area contributed by atoms with Crippen molar-refractivity contribution in [3.8, 4) is 0 Å². The molecule has 14 heavy (non-hydrogen) atoms. The van der Waals surface area contributed by atoms with Crippen LogP contribution in [0.1, 0.15) is 19.8 Å². The minimum Gasteiger partial charge on any atom is -0.481 e. The second kappa shape index (κ2) is 4.30. The Morgan fingerprint density at radius 2 is 2.21 bits per heavy atom. The highest BCUT2D eigenvalue weighted by Gasteiger charge is 2.40. The number of hydrogen-bond donors (Lipinski definition) is 1. The predicted octanol–water partition coefficient (Wildman–Crippen LogP) is 0.938. The zero-order valence-electron chi connectivity index (χ0n) is 8.40. The molecule has 1 aliphatic heterocycles. The first-order valence-corrected chi connectivity index (χ1v) is 4.69. The number of rotatable bonds is 2. The zero-order valence-corrected chi connectivity index (χ0v) is 8.40. The van der Waals surface area contributed by atoms with Gasteiger partial charge in [-0.15, -0.1) is 0 Å². The average Bonchev–Trinajstić information content (AvgIpc) is 2.59. The fraction of sp³-hybridized carbons (Fsp3) is 0.778. The Labute approximate surface area is 82.6 Å². The van der Waals surface area contributed by atoms with E-state index in [4.69, 9.17) is 5.11 Å². The molecule has 0 radical (unpaired) electrons. The molecule has 0 aliphatic carbocycles. The number of nitrogens with zero attached hydrogens (tertiary/aromatic N) is 1. The Bertz CT molecular complexity index is 241. The van der Waals surface area contributed by atoms with E-state index in [9.17, 15) is 9.59 Å². The lowest BCUT2D eigenvalue weighted by molar-refractivity contribution is -0.142. The van der Waals surface area contributed by atoms with E-state index in [2.05, 4.69) is 4.74 Å². The van der Waals surface area contributed by atoms with E-state index in [1.165, 1.54) is 12.0 Å². The predicted molar refractivity (Wildman–Crippen MR) is 48.9 cm³/mol. The van der Waals surface area contributed by atoms with Crippen LogP contribution in [0.5, 0.6) is 0 Å². The number of hydrogen-bond acceptors (Lipinski definition) is 3. The smallest absolute Gasteiger partial charge is 0.409 e. The minimum absolute atomic E-state index is 0.222. The van der Waals surface area contributed by atoms with Crippen LogP contribution in [0.3, 0.4) is 0 Å². The summed E-state index contributed by atoms with van der Waals surface area (Å²) in [4.78, 5) is 23.6. The Balaban J connectivity index is 2.73. The number of ether oxygens (including phenoxy) is 1. The molecule has 5 nitrogen and oxygen atoms in total. The normalized spacial score (nSPS) is 26.3. The molecule has 5 heteroatoms. The van der Waals surface area contributed by atoms with Crippen molar-refractivity contribution in [2.75, 3.05) is 13.7 Å². The Morgan fingerprint density at radius 1 is 1.57 bits per heavy atom. The molecule has 1 aliphatic rings. The highest BCUT2D eigenvalue weighted by molar-refractivity contribution is 5.75. The summed E-state index contributed by atoms with van der Waals surface area (Å²) in [5.41, 5.74) is 0. The van der Waals surface area contributed by atoms with Crippen LogP contribution in [0.25, 0.3) is 0 Å². The van der Waals surface area contributed by atoms with Gasteiger partial charge in [0.2, 0.25) is 0 Å². The zero-order chi connectivity index (χ0) is 10.7. The van der Waals surface area contributed by atoms with E-state index in [0.717, 1.165) is 0 Å². The fourth-order valence-corrected chi connectivity index (χ4v) is 1.99. The van der Waals surface area contributed by atoms with Gasteiger partial charge in [0, 0.05) is 12.6 Å². The molecule has 1 fully saturated rings. The third-order valence-corrected chi connectivity index (χ3v) is 2.69. The van der Waals surface area contributed by atoms with Gasteiger partial charge in [-0.05, 0) is 12.8 Å². The number of amides is 1. The average molecular weight is 201 g/mol. The largest absolute Gasteiger partial charge is 0.481 e. The number of carboxylic acid groups (broad SMARTS) is 1. The molecule has 2 unspecified atom stereocenters. The molecule has 1 amide bonds. The number of likely N-dealkylation sites (tertiary alicyclic amines) is 1. The van der Waals surface area contributed by atoms with Crippen molar-refractivity contribution in [2.24, 2.45) is 5.92 Å². The lowest BCUT2D eigenvalue weighted by Gasteiger charge is -2.24. The van der Waals surface area contributed by atoms with Crippen LogP contribution in [0.4, 0.5) is 4.79 Å². The second-order valence-corrected chi connectivity index (χ2v) is 3.37. The molecule has 0 aromatic heterocycles. The molecule has 0 bridgehead atoms. The topological polar surface area (TPSA) is 66.8 Å². The third kappa shape index (κ3) is 1.81. The van der Waals surface area contributed by atoms with Crippen LogP contribution in [0, 0.1) is 5.92 Å². The third-order valence-electron chi connectivity index (χ3n) is 2.69. The minimum atomic E-state index is -0.830. The van der Waals surface area contributed by atoms with Crippen molar-refractivity contribution in [2.45, 2.75) is 25.8 Å². The molecule has 0 spiro atoms. The van der Waals surface area contributed by atoms with Crippen LogP contribution in [-0.2, 0) is 9.53 Å².